The van der Waals surface area contributed by atoms with E-state index in [1.807, 2.05) is 54.6 Å². The largest absolute Gasteiger partial charge is 0.324 e. The van der Waals surface area contributed by atoms with Gasteiger partial charge in [-0.1, -0.05) is 54.2 Å². The summed E-state index contributed by atoms with van der Waals surface area (Å²) in [7, 11) is 0. The minimum atomic E-state index is -0.246. The highest BCUT2D eigenvalue weighted by Crippen LogP contribution is 2.33. The van der Waals surface area contributed by atoms with Crippen molar-refractivity contribution in [2.45, 2.75) is 15.5 Å². The second kappa shape index (κ2) is 9.46. The van der Waals surface area contributed by atoms with E-state index in [9.17, 15) is 9.18 Å². The lowest BCUT2D eigenvalue weighted by molar-refractivity contribution is -0.113. The number of hydrogen-bond acceptors (Lipinski definition) is 3. The number of amides is 1. The number of carbonyl (C=O) groups is 1. The van der Waals surface area contributed by atoms with Crippen molar-refractivity contribution in [3.63, 3.8) is 0 Å². The zero-order valence-corrected chi connectivity index (χ0v) is 15.7. The summed E-state index contributed by atoms with van der Waals surface area (Å²) in [5.41, 5.74) is 1.82. The van der Waals surface area contributed by atoms with Gasteiger partial charge in [-0.15, -0.1) is 11.8 Å². The van der Waals surface area contributed by atoms with Gasteiger partial charge in [-0.3, -0.25) is 4.79 Å². The minimum Gasteiger partial charge on any atom is -0.324 e. The Bertz CT molecular complexity index is 853. The number of carbonyl (C=O) groups excluding carboxylic acids is 1. The fourth-order valence-corrected chi connectivity index (χ4v) is 4.01. The smallest absolute Gasteiger partial charge is 0.234 e. The zero-order chi connectivity index (χ0) is 18.2. The number of nitrogens with one attached hydrogen (secondary N) is 1. The van der Waals surface area contributed by atoms with Crippen molar-refractivity contribution in [3.05, 3.63) is 90.2 Å². The molecule has 0 saturated heterocycles. The van der Waals surface area contributed by atoms with E-state index in [0.29, 0.717) is 11.5 Å². The molecule has 5 heteroatoms. The van der Waals surface area contributed by atoms with Gasteiger partial charge in [0, 0.05) is 15.5 Å². The van der Waals surface area contributed by atoms with Crippen LogP contribution in [-0.4, -0.2) is 11.7 Å². The van der Waals surface area contributed by atoms with Gasteiger partial charge in [-0.2, -0.15) is 0 Å². The van der Waals surface area contributed by atoms with Gasteiger partial charge in [0.05, 0.1) is 11.4 Å². The Labute approximate surface area is 161 Å². The molecule has 2 nitrogen and oxygen atoms in total. The maximum atomic E-state index is 12.9. The van der Waals surface area contributed by atoms with Crippen LogP contribution in [0.25, 0.3) is 0 Å². The zero-order valence-electron chi connectivity index (χ0n) is 14.0. The van der Waals surface area contributed by atoms with Crippen molar-refractivity contribution in [1.29, 1.82) is 0 Å². The van der Waals surface area contributed by atoms with Gasteiger partial charge in [0.15, 0.2) is 0 Å². The third kappa shape index (κ3) is 5.64. The topological polar surface area (TPSA) is 29.1 Å². The van der Waals surface area contributed by atoms with Crippen LogP contribution in [0.2, 0.25) is 0 Å². The molecular weight excluding hydrogens is 365 g/mol. The standard InChI is InChI=1S/C21H18FNOS2/c22-17-12-10-16(11-13-17)14-25-15-21(24)23-19-8-4-5-9-20(19)26-18-6-2-1-3-7-18/h1-13H,14-15H2,(H,23,24). The highest BCUT2D eigenvalue weighted by molar-refractivity contribution is 7.99. The molecule has 0 unspecified atom stereocenters. The molecule has 0 aliphatic heterocycles. The van der Waals surface area contributed by atoms with Gasteiger partial charge >= 0.3 is 0 Å². The molecule has 0 aromatic heterocycles. The molecule has 1 amide bonds. The number of benzene rings is 3. The number of halogens is 1. The SMILES string of the molecule is O=C(CSCc1ccc(F)cc1)Nc1ccccc1Sc1ccccc1. The molecule has 3 aromatic carbocycles. The number of thioether (sulfide) groups is 1. The quantitative estimate of drug-likeness (QED) is 0.555. The number of anilines is 1. The Morgan fingerprint density at radius 3 is 2.35 bits per heavy atom. The van der Waals surface area contributed by atoms with Crippen LogP contribution in [0.3, 0.4) is 0 Å². The molecule has 0 bridgehead atoms. The van der Waals surface area contributed by atoms with Gasteiger partial charge in [0.25, 0.3) is 0 Å². The van der Waals surface area contributed by atoms with E-state index in [4.69, 9.17) is 0 Å². The van der Waals surface area contributed by atoms with E-state index in [1.165, 1.54) is 23.9 Å². The van der Waals surface area contributed by atoms with Crippen molar-refractivity contribution >= 4 is 35.1 Å². The molecule has 0 saturated carbocycles. The van der Waals surface area contributed by atoms with Crippen LogP contribution in [-0.2, 0) is 10.5 Å². The van der Waals surface area contributed by atoms with Crippen molar-refractivity contribution in [3.8, 4) is 0 Å². The molecule has 0 atom stereocenters. The number of hydrogen-bond donors (Lipinski definition) is 1. The van der Waals surface area contributed by atoms with E-state index in [-0.39, 0.29) is 11.7 Å². The second-order valence-corrected chi connectivity index (χ2v) is 7.68. The molecular formula is C21H18FNOS2. The van der Waals surface area contributed by atoms with Gasteiger partial charge < -0.3 is 5.32 Å². The van der Waals surface area contributed by atoms with Crippen LogP contribution in [0.5, 0.6) is 0 Å². The lowest BCUT2D eigenvalue weighted by Gasteiger charge is -2.10. The Balaban J connectivity index is 1.55. The normalized spacial score (nSPS) is 10.5. The van der Waals surface area contributed by atoms with Gasteiger partial charge in [-0.05, 0) is 42.0 Å². The first-order valence-corrected chi connectivity index (χ1v) is 10.1. The van der Waals surface area contributed by atoms with Crippen molar-refractivity contribution in [2.24, 2.45) is 0 Å². The summed E-state index contributed by atoms with van der Waals surface area (Å²) >= 11 is 3.13. The number of para-hydroxylation sites is 1. The van der Waals surface area contributed by atoms with Crippen LogP contribution >= 0.6 is 23.5 Å². The van der Waals surface area contributed by atoms with Gasteiger partial charge in [-0.25, -0.2) is 4.39 Å². The van der Waals surface area contributed by atoms with E-state index >= 15 is 0 Å². The van der Waals surface area contributed by atoms with Crippen LogP contribution < -0.4 is 5.32 Å². The van der Waals surface area contributed by atoms with E-state index < -0.39 is 0 Å². The molecule has 132 valence electrons. The summed E-state index contributed by atoms with van der Waals surface area (Å²) in [6, 6.07) is 24.2. The highest BCUT2D eigenvalue weighted by Gasteiger charge is 2.08. The van der Waals surface area contributed by atoms with E-state index in [2.05, 4.69) is 5.32 Å². The Morgan fingerprint density at radius 1 is 0.885 bits per heavy atom. The molecule has 0 spiro atoms. The van der Waals surface area contributed by atoms with Crippen molar-refractivity contribution in [1.82, 2.24) is 0 Å². The lowest BCUT2D eigenvalue weighted by Crippen LogP contribution is -2.14. The third-order valence-electron chi connectivity index (χ3n) is 3.55. The summed E-state index contributed by atoms with van der Waals surface area (Å²) in [4.78, 5) is 14.4. The lowest BCUT2D eigenvalue weighted by atomic mass is 10.2. The first kappa shape index (κ1) is 18.5. The first-order valence-electron chi connectivity index (χ1n) is 8.15. The van der Waals surface area contributed by atoms with E-state index in [0.717, 1.165) is 21.0 Å². The highest BCUT2D eigenvalue weighted by atomic mass is 32.2. The van der Waals surface area contributed by atoms with Gasteiger partial charge in [0.1, 0.15) is 5.82 Å². The maximum absolute atomic E-state index is 12.9. The van der Waals surface area contributed by atoms with Crippen LogP contribution in [0.4, 0.5) is 10.1 Å². The monoisotopic (exact) mass is 383 g/mol. The second-order valence-electron chi connectivity index (χ2n) is 5.58. The molecule has 3 aromatic rings. The molecule has 0 aliphatic rings. The fraction of sp³-hybridized carbons (Fsp3) is 0.0952. The van der Waals surface area contributed by atoms with E-state index in [1.54, 1.807) is 23.9 Å². The summed E-state index contributed by atoms with van der Waals surface area (Å²) in [6.07, 6.45) is 0. The van der Waals surface area contributed by atoms with Gasteiger partial charge in [0.2, 0.25) is 5.91 Å². The average molecular weight is 384 g/mol. The third-order valence-corrected chi connectivity index (χ3v) is 5.63. The molecule has 3 rings (SSSR count). The fourth-order valence-electron chi connectivity index (χ4n) is 2.30. The average Bonchev–Trinajstić information content (AvgIpc) is 2.66. The summed E-state index contributed by atoms with van der Waals surface area (Å²) in [5, 5.41) is 2.99. The summed E-state index contributed by atoms with van der Waals surface area (Å²) < 4.78 is 12.9. The Hall–Kier alpha value is -2.24. The summed E-state index contributed by atoms with van der Waals surface area (Å²) in [6.45, 7) is 0. The van der Waals surface area contributed by atoms with Crippen molar-refractivity contribution in [2.75, 3.05) is 11.1 Å². The maximum Gasteiger partial charge on any atom is 0.234 e. The number of rotatable bonds is 7. The first-order chi connectivity index (χ1) is 12.7. The molecule has 1 N–H and O–H groups in total. The summed E-state index contributed by atoms with van der Waals surface area (Å²) in [5.74, 6) is 0.734. The Morgan fingerprint density at radius 2 is 1.58 bits per heavy atom. The molecule has 0 radical (unpaired) electrons. The van der Waals surface area contributed by atoms with Crippen molar-refractivity contribution < 1.29 is 9.18 Å². The molecule has 26 heavy (non-hydrogen) atoms. The predicted molar refractivity (Wildman–Crippen MR) is 108 cm³/mol. The van der Waals surface area contributed by atoms with Crippen LogP contribution in [0.1, 0.15) is 5.56 Å². The van der Waals surface area contributed by atoms with Crippen LogP contribution in [0, 0.1) is 5.82 Å². The minimum absolute atomic E-state index is 0.0433. The molecule has 0 heterocycles. The van der Waals surface area contributed by atoms with Crippen LogP contribution in [0.15, 0.2) is 88.7 Å². The molecule has 0 fully saturated rings. The Kier molecular flexibility index (Phi) is 6.75. The predicted octanol–water partition coefficient (Wildman–Crippen LogP) is 5.85. The molecule has 0 aliphatic carbocycles.